The molecule has 0 aromatic heterocycles. The standard InChI is InChI=1S/C13H9BrCl2S/c14-10-5-4-9(13(16)6-10)8-17-12-3-1-2-11(15)7-12/h1-7H,8H2. The molecule has 0 heterocycles. The highest BCUT2D eigenvalue weighted by molar-refractivity contribution is 9.10. The van der Waals surface area contributed by atoms with Crippen LogP contribution in [0.5, 0.6) is 0 Å². The third kappa shape index (κ3) is 3.92. The molecule has 0 nitrogen and oxygen atoms in total. The minimum absolute atomic E-state index is 0.761. The summed E-state index contributed by atoms with van der Waals surface area (Å²) in [4.78, 5) is 1.15. The van der Waals surface area contributed by atoms with Gasteiger partial charge >= 0.3 is 0 Å². The van der Waals surface area contributed by atoms with Crippen molar-refractivity contribution in [3.63, 3.8) is 0 Å². The van der Waals surface area contributed by atoms with E-state index in [1.807, 2.05) is 42.5 Å². The molecule has 0 atom stereocenters. The van der Waals surface area contributed by atoms with Gasteiger partial charge in [0.2, 0.25) is 0 Å². The zero-order valence-electron chi connectivity index (χ0n) is 8.79. The van der Waals surface area contributed by atoms with Crippen molar-refractivity contribution >= 4 is 50.9 Å². The van der Waals surface area contributed by atoms with Crippen molar-refractivity contribution in [2.45, 2.75) is 10.6 Å². The highest BCUT2D eigenvalue weighted by Crippen LogP contribution is 2.29. The van der Waals surface area contributed by atoms with Crippen LogP contribution in [-0.2, 0) is 5.75 Å². The first kappa shape index (κ1) is 13.3. The Morgan fingerprint density at radius 3 is 2.59 bits per heavy atom. The maximum absolute atomic E-state index is 6.16. The van der Waals surface area contributed by atoms with Gasteiger partial charge in [0.05, 0.1) is 0 Å². The summed E-state index contributed by atoms with van der Waals surface area (Å²) in [5, 5.41) is 1.55. The predicted molar refractivity (Wildman–Crippen MR) is 80.2 cm³/mol. The third-order valence-electron chi connectivity index (χ3n) is 2.21. The van der Waals surface area contributed by atoms with Crippen molar-refractivity contribution in [2.75, 3.05) is 0 Å². The Labute approximate surface area is 123 Å². The minimum atomic E-state index is 0.761. The van der Waals surface area contributed by atoms with Crippen molar-refractivity contribution in [2.24, 2.45) is 0 Å². The lowest BCUT2D eigenvalue weighted by atomic mass is 10.2. The highest BCUT2D eigenvalue weighted by atomic mass is 79.9. The topological polar surface area (TPSA) is 0 Å². The van der Waals surface area contributed by atoms with Gasteiger partial charge in [0.25, 0.3) is 0 Å². The van der Waals surface area contributed by atoms with Crippen LogP contribution in [-0.4, -0.2) is 0 Å². The van der Waals surface area contributed by atoms with E-state index >= 15 is 0 Å². The van der Waals surface area contributed by atoms with Crippen molar-refractivity contribution in [3.05, 3.63) is 62.5 Å². The third-order valence-corrected chi connectivity index (χ3v) is 4.33. The van der Waals surface area contributed by atoms with Crippen LogP contribution in [0.4, 0.5) is 0 Å². The number of hydrogen-bond donors (Lipinski definition) is 0. The van der Waals surface area contributed by atoms with Crippen LogP contribution >= 0.6 is 50.9 Å². The fourth-order valence-electron chi connectivity index (χ4n) is 1.36. The quantitative estimate of drug-likeness (QED) is 0.609. The molecule has 0 aliphatic heterocycles. The molecule has 4 heteroatoms. The van der Waals surface area contributed by atoms with Gasteiger partial charge in [-0.15, -0.1) is 11.8 Å². The summed E-state index contributed by atoms with van der Waals surface area (Å²) >= 11 is 17.2. The second kappa shape index (κ2) is 6.14. The molecular formula is C13H9BrCl2S. The molecular weight excluding hydrogens is 339 g/mol. The minimum Gasteiger partial charge on any atom is -0.121 e. The number of thioether (sulfide) groups is 1. The molecule has 2 aromatic carbocycles. The van der Waals surface area contributed by atoms with E-state index in [4.69, 9.17) is 23.2 Å². The smallest absolute Gasteiger partial charge is 0.0457 e. The second-order valence-electron chi connectivity index (χ2n) is 3.48. The molecule has 2 rings (SSSR count). The van der Waals surface area contributed by atoms with Gasteiger partial charge in [-0.25, -0.2) is 0 Å². The Bertz CT molecular complexity index is 529. The number of halogens is 3. The fourth-order valence-corrected chi connectivity index (χ4v) is 3.39. The summed E-state index contributed by atoms with van der Waals surface area (Å²) in [6.07, 6.45) is 0. The lowest BCUT2D eigenvalue weighted by Gasteiger charge is -2.05. The Kier molecular flexibility index (Phi) is 4.80. The first-order valence-electron chi connectivity index (χ1n) is 4.97. The Balaban J connectivity index is 2.07. The molecule has 0 aliphatic rings. The number of benzene rings is 2. The number of rotatable bonds is 3. The van der Waals surface area contributed by atoms with E-state index in [0.717, 1.165) is 30.7 Å². The first-order valence-corrected chi connectivity index (χ1v) is 7.51. The summed E-state index contributed by atoms with van der Waals surface area (Å²) in [6, 6.07) is 13.8. The lowest BCUT2D eigenvalue weighted by molar-refractivity contribution is 1.37. The van der Waals surface area contributed by atoms with E-state index in [9.17, 15) is 0 Å². The van der Waals surface area contributed by atoms with Gasteiger partial charge in [0.1, 0.15) is 0 Å². The van der Waals surface area contributed by atoms with Crippen LogP contribution in [0.3, 0.4) is 0 Å². The van der Waals surface area contributed by atoms with Gasteiger partial charge in [0, 0.05) is 25.2 Å². The maximum Gasteiger partial charge on any atom is 0.0457 e. The highest BCUT2D eigenvalue weighted by Gasteiger charge is 2.02. The molecule has 0 radical (unpaired) electrons. The molecule has 0 N–H and O–H groups in total. The van der Waals surface area contributed by atoms with Crippen molar-refractivity contribution in [1.29, 1.82) is 0 Å². The van der Waals surface area contributed by atoms with Crippen molar-refractivity contribution < 1.29 is 0 Å². The average Bonchev–Trinajstić information content (AvgIpc) is 2.28. The summed E-state index contributed by atoms with van der Waals surface area (Å²) in [5.74, 6) is 0.840. The van der Waals surface area contributed by atoms with Crippen LogP contribution in [0.2, 0.25) is 10.0 Å². The van der Waals surface area contributed by atoms with E-state index in [0.29, 0.717) is 0 Å². The van der Waals surface area contributed by atoms with E-state index in [2.05, 4.69) is 15.9 Å². The normalized spacial score (nSPS) is 10.5. The maximum atomic E-state index is 6.16. The SMILES string of the molecule is Clc1cccc(SCc2ccc(Br)cc2Cl)c1. The van der Waals surface area contributed by atoms with Gasteiger partial charge in [0.15, 0.2) is 0 Å². The van der Waals surface area contributed by atoms with Gasteiger partial charge in [-0.3, -0.25) is 0 Å². The monoisotopic (exact) mass is 346 g/mol. The predicted octanol–water partition coefficient (Wildman–Crippen LogP) is 6.05. The van der Waals surface area contributed by atoms with Crippen LogP contribution in [0.1, 0.15) is 5.56 Å². The van der Waals surface area contributed by atoms with E-state index in [1.165, 1.54) is 0 Å². The largest absolute Gasteiger partial charge is 0.121 e. The molecule has 17 heavy (non-hydrogen) atoms. The summed E-state index contributed by atoms with van der Waals surface area (Å²) in [5.41, 5.74) is 1.12. The Morgan fingerprint density at radius 2 is 1.88 bits per heavy atom. The molecule has 0 saturated heterocycles. The van der Waals surface area contributed by atoms with E-state index in [1.54, 1.807) is 11.8 Å². The van der Waals surface area contributed by atoms with Crippen molar-refractivity contribution in [3.8, 4) is 0 Å². The fraction of sp³-hybridized carbons (Fsp3) is 0.0769. The van der Waals surface area contributed by atoms with Gasteiger partial charge in [-0.05, 0) is 35.9 Å². The molecule has 0 fully saturated rings. The zero-order valence-corrected chi connectivity index (χ0v) is 12.7. The molecule has 88 valence electrons. The van der Waals surface area contributed by atoms with Crippen LogP contribution < -0.4 is 0 Å². The van der Waals surface area contributed by atoms with Crippen LogP contribution in [0.15, 0.2) is 51.8 Å². The Morgan fingerprint density at radius 1 is 1.06 bits per heavy atom. The molecule has 0 bridgehead atoms. The van der Waals surface area contributed by atoms with Gasteiger partial charge < -0.3 is 0 Å². The molecule has 0 saturated carbocycles. The molecule has 0 spiro atoms. The van der Waals surface area contributed by atoms with Crippen LogP contribution in [0, 0.1) is 0 Å². The first-order chi connectivity index (χ1) is 8.15. The van der Waals surface area contributed by atoms with Gasteiger partial charge in [-0.2, -0.15) is 0 Å². The second-order valence-corrected chi connectivity index (χ2v) is 6.29. The zero-order chi connectivity index (χ0) is 12.3. The van der Waals surface area contributed by atoms with Crippen molar-refractivity contribution in [1.82, 2.24) is 0 Å². The molecule has 0 amide bonds. The average molecular weight is 348 g/mol. The van der Waals surface area contributed by atoms with E-state index in [-0.39, 0.29) is 0 Å². The lowest BCUT2D eigenvalue weighted by Crippen LogP contribution is -1.82. The molecule has 0 aliphatic carbocycles. The number of hydrogen-bond acceptors (Lipinski definition) is 1. The molecule has 0 unspecified atom stereocenters. The Hall–Kier alpha value is -0.150. The van der Waals surface area contributed by atoms with Crippen LogP contribution in [0.25, 0.3) is 0 Å². The van der Waals surface area contributed by atoms with E-state index < -0.39 is 0 Å². The molecule has 2 aromatic rings. The summed E-state index contributed by atoms with van der Waals surface area (Å²) in [7, 11) is 0. The van der Waals surface area contributed by atoms with Gasteiger partial charge in [-0.1, -0.05) is 51.3 Å². The summed E-state index contributed by atoms with van der Waals surface area (Å²) < 4.78 is 0.999. The summed E-state index contributed by atoms with van der Waals surface area (Å²) in [6.45, 7) is 0.